The van der Waals surface area contributed by atoms with Gasteiger partial charge in [0.2, 0.25) is 0 Å². The maximum absolute atomic E-state index is 5.14. The lowest BCUT2D eigenvalue weighted by molar-refractivity contribution is 0.907. The number of unbranched alkanes of at least 4 members (excludes halogenated alkanes) is 1. The van der Waals surface area contributed by atoms with E-state index in [1.54, 1.807) is 0 Å². The van der Waals surface area contributed by atoms with Gasteiger partial charge in [0.25, 0.3) is 0 Å². The van der Waals surface area contributed by atoms with Gasteiger partial charge in [-0.15, -0.1) is 12.3 Å². The van der Waals surface area contributed by atoms with Gasteiger partial charge >= 0.3 is 0 Å². The first kappa shape index (κ1) is 10.1. The van der Waals surface area contributed by atoms with Gasteiger partial charge < -0.3 is 5.32 Å². The first-order chi connectivity index (χ1) is 6.33. The van der Waals surface area contributed by atoms with Crippen LogP contribution in [0.2, 0.25) is 0 Å². The van der Waals surface area contributed by atoms with Crippen molar-refractivity contribution >= 4 is 21.6 Å². The highest BCUT2D eigenvalue weighted by atomic mass is 79.9. The highest BCUT2D eigenvalue weighted by molar-refractivity contribution is 9.10. The highest BCUT2D eigenvalue weighted by Gasteiger charge is 1.90. The predicted molar refractivity (Wildman–Crippen MR) is 60.7 cm³/mol. The quantitative estimate of drug-likeness (QED) is 0.627. The summed E-state index contributed by atoms with van der Waals surface area (Å²) in [6, 6.07) is 8.12. The summed E-state index contributed by atoms with van der Waals surface area (Å²) < 4.78 is 1.10. The van der Waals surface area contributed by atoms with Crippen molar-refractivity contribution in [1.82, 2.24) is 0 Å². The molecular formula is C11H12BrN. The van der Waals surface area contributed by atoms with Crippen LogP contribution in [0.25, 0.3) is 0 Å². The molecule has 0 atom stereocenters. The SMILES string of the molecule is C#CCCCNc1ccc(Br)cc1. The van der Waals surface area contributed by atoms with Crippen LogP contribution in [-0.2, 0) is 0 Å². The van der Waals surface area contributed by atoms with Crippen molar-refractivity contribution in [3.8, 4) is 12.3 Å². The van der Waals surface area contributed by atoms with E-state index in [4.69, 9.17) is 6.42 Å². The Morgan fingerprint density at radius 2 is 2.00 bits per heavy atom. The average Bonchev–Trinajstić information content (AvgIpc) is 2.15. The molecule has 0 amide bonds. The molecule has 0 aromatic heterocycles. The summed E-state index contributed by atoms with van der Waals surface area (Å²) in [5.41, 5.74) is 1.14. The molecule has 0 aliphatic rings. The zero-order valence-corrected chi connectivity index (χ0v) is 8.97. The molecule has 13 heavy (non-hydrogen) atoms. The second-order valence-corrected chi connectivity index (χ2v) is 3.66. The fourth-order valence-corrected chi connectivity index (χ4v) is 1.26. The molecule has 1 aromatic carbocycles. The third kappa shape index (κ3) is 4.00. The zero-order chi connectivity index (χ0) is 9.52. The minimum atomic E-state index is 0.837. The summed E-state index contributed by atoms with van der Waals surface area (Å²) in [6.07, 6.45) is 7.00. The van der Waals surface area contributed by atoms with E-state index in [0.29, 0.717) is 0 Å². The number of halogens is 1. The number of nitrogens with one attached hydrogen (secondary N) is 1. The fraction of sp³-hybridized carbons (Fsp3) is 0.273. The Labute approximate surface area is 87.7 Å². The van der Waals surface area contributed by atoms with E-state index in [-0.39, 0.29) is 0 Å². The smallest absolute Gasteiger partial charge is 0.0340 e. The Morgan fingerprint density at radius 3 is 2.62 bits per heavy atom. The summed E-state index contributed by atoms with van der Waals surface area (Å²) in [7, 11) is 0. The van der Waals surface area contributed by atoms with Crippen LogP contribution in [0.4, 0.5) is 5.69 Å². The van der Waals surface area contributed by atoms with E-state index >= 15 is 0 Å². The summed E-state index contributed by atoms with van der Waals surface area (Å²) in [4.78, 5) is 0. The van der Waals surface area contributed by atoms with Crippen LogP contribution in [0.3, 0.4) is 0 Å². The van der Waals surface area contributed by atoms with Crippen LogP contribution < -0.4 is 5.32 Å². The van der Waals surface area contributed by atoms with Gasteiger partial charge in [0.15, 0.2) is 0 Å². The molecule has 0 bridgehead atoms. The molecule has 0 saturated heterocycles. The van der Waals surface area contributed by atoms with Crippen molar-refractivity contribution in [3.05, 3.63) is 28.7 Å². The maximum Gasteiger partial charge on any atom is 0.0340 e. The zero-order valence-electron chi connectivity index (χ0n) is 7.39. The third-order valence-corrected chi connectivity index (χ3v) is 2.20. The number of benzene rings is 1. The summed E-state index contributed by atoms with van der Waals surface area (Å²) >= 11 is 3.38. The van der Waals surface area contributed by atoms with E-state index in [1.165, 1.54) is 0 Å². The van der Waals surface area contributed by atoms with Gasteiger partial charge in [-0.05, 0) is 30.7 Å². The lowest BCUT2D eigenvalue weighted by Gasteiger charge is -2.04. The van der Waals surface area contributed by atoms with Gasteiger partial charge in [0.05, 0.1) is 0 Å². The molecule has 1 rings (SSSR count). The molecule has 0 spiro atoms. The number of rotatable bonds is 4. The van der Waals surface area contributed by atoms with Gasteiger partial charge in [-0.3, -0.25) is 0 Å². The molecule has 0 aliphatic heterocycles. The molecule has 0 unspecified atom stereocenters. The predicted octanol–water partition coefficient (Wildman–Crippen LogP) is 3.27. The molecule has 1 aromatic rings. The summed E-state index contributed by atoms with van der Waals surface area (Å²) in [6.45, 7) is 0.936. The normalized spacial score (nSPS) is 9.23. The van der Waals surface area contributed by atoms with Crippen LogP contribution in [-0.4, -0.2) is 6.54 Å². The number of terminal acetylenes is 1. The third-order valence-electron chi connectivity index (χ3n) is 1.67. The second kappa shape index (κ2) is 5.66. The van der Waals surface area contributed by atoms with Gasteiger partial charge in [-0.2, -0.15) is 0 Å². The topological polar surface area (TPSA) is 12.0 Å². The number of hydrogen-bond acceptors (Lipinski definition) is 1. The molecule has 0 saturated carbocycles. The Balaban J connectivity index is 2.30. The van der Waals surface area contributed by atoms with E-state index in [9.17, 15) is 0 Å². The first-order valence-corrected chi connectivity index (χ1v) is 5.05. The molecule has 68 valence electrons. The van der Waals surface area contributed by atoms with E-state index < -0.39 is 0 Å². The largest absolute Gasteiger partial charge is 0.385 e. The Hall–Kier alpha value is -0.940. The van der Waals surface area contributed by atoms with Crippen LogP contribution in [0, 0.1) is 12.3 Å². The maximum atomic E-state index is 5.14. The van der Waals surface area contributed by atoms with Gasteiger partial charge in [-0.1, -0.05) is 15.9 Å². The van der Waals surface area contributed by atoms with Crippen LogP contribution in [0.15, 0.2) is 28.7 Å². The molecule has 0 aliphatic carbocycles. The van der Waals surface area contributed by atoms with E-state index in [0.717, 1.165) is 29.5 Å². The Morgan fingerprint density at radius 1 is 1.31 bits per heavy atom. The van der Waals surface area contributed by atoms with Gasteiger partial charge in [-0.25, -0.2) is 0 Å². The fourth-order valence-electron chi connectivity index (χ4n) is 0.991. The van der Waals surface area contributed by atoms with E-state index in [2.05, 4.69) is 27.2 Å². The molecule has 1 N–H and O–H groups in total. The van der Waals surface area contributed by atoms with Crippen LogP contribution in [0.5, 0.6) is 0 Å². The molecular weight excluding hydrogens is 226 g/mol. The minimum Gasteiger partial charge on any atom is -0.385 e. The van der Waals surface area contributed by atoms with Crippen LogP contribution in [0.1, 0.15) is 12.8 Å². The summed E-state index contributed by atoms with van der Waals surface area (Å²) in [5, 5.41) is 3.29. The second-order valence-electron chi connectivity index (χ2n) is 2.74. The minimum absolute atomic E-state index is 0.837. The van der Waals surface area contributed by atoms with E-state index in [1.807, 2.05) is 24.3 Å². The number of hydrogen-bond donors (Lipinski definition) is 1. The highest BCUT2D eigenvalue weighted by Crippen LogP contribution is 2.13. The Bertz CT molecular complexity index is 284. The van der Waals surface area contributed by atoms with Crippen molar-refractivity contribution in [2.75, 3.05) is 11.9 Å². The van der Waals surface area contributed by atoms with Crippen molar-refractivity contribution in [2.24, 2.45) is 0 Å². The molecule has 2 heteroatoms. The molecule has 1 nitrogen and oxygen atoms in total. The first-order valence-electron chi connectivity index (χ1n) is 4.26. The van der Waals surface area contributed by atoms with Crippen LogP contribution >= 0.6 is 15.9 Å². The molecule has 0 heterocycles. The Kier molecular flexibility index (Phi) is 4.42. The van der Waals surface area contributed by atoms with Crippen molar-refractivity contribution in [1.29, 1.82) is 0 Å². The standard InChI is InChI=1S/C11H12BrN/c1-2-3-4-9-13-11-7-5-10(12)6-8-11/h1,5-8,13H,3-4,9H2. The van der Waals surface area contributed by atoms with Crippen molar-refractivity contribution < 1.29 is 0 Å². The molecule has 0 radical (unpaired) electrons. The lowest BCUT2D eigenvalue weighted by Crippen LogP contribution is -2.00. The lowest BCUT2D eigenvalue weighted by atomic mass is 10.3. The average molecular weight is 238 g/mol. The van der Waals surface area contributed by atoms with Gasteiger partial charge in [0, 0.05) is 23.1 Å². The van der Waals surface area contributed by atoms with Gasteiger partial charge in [0.1, 0.15) is 0 Å². The number of anilines is 1. The van der Waals surface area contributed by atoms with Crippen molar-refractivity contribution in [2.45, 2.75) is 12.8 Å². The monoisotopic (exact) mass is 237 g/mol. The van der Waals surface area contributed by atoms with Crippen molar-refractivity contribution in [3.63, 3.8) is 0 Å². The summed E-state index contributed by atoms with van der Waals surface area (Å²) in [5.74, 6) is 2.62. The molecule has 0 fully saturated rings.